The van der Waals surface area contributed by atoms with Gasteiger partial charge in [-0.25, -0.2) is 26.3 Å². The van der Waals surface area contributed by atoms with Crippen LogP contribution in [0.2, 0.25) is 0 Å². The highest BCUT2D eigenvalue weighted by atomic mass is 19.2. The van der Waals surface area contributed by atoms with E-state index in [4.69, 9.17) is 5.73 Å². The molecule has 0 aliphatic rings. The zero-order valence-electron chi connectivity index (χ0n) is 9.08. The predicted octanol–water partition coefficient (Wildman–Crippen LogP) is 3.77. The number of halogens is 6. The largest absolute Gasteiger partial charge is 0.398 e. The number of anilines is 1. The summed E-state index contributed by atoms with van der Waals surface area (Å²) in [6.45, 7) is 0. The standard InChI is InChI=1S/C12H5F6N/c13-4-2-1-3-5(19)6(4)7-8(14)10(16)12(18)11(17)9(7)15/h1-3H,19H2. The summed E-state index contributed by atoms with van der Waals surface area (Å²) in [7, 11) is 0. The Morgan fingerprint density at radius 1 is 0.632 bits per heavy atom. The van der Waals surface area contributed by atoms with Crippen LogP contribution in [-0.4, -0.2) is 0 Å². The average Bonchev–Trinajstić information content (AvgIpc) is 2.37. The minimum Gasteiger partial charge on any atom is -0.398 e. The third kappa shape index (κ3) is 1.91. The average molecular weight is 277 g/mol. The molecule has 0 heterocycles. The minimum atomic E-state index is -2.31. The lowest BCUT2D eigenvalue weighted by molar-refractivity contribution is 0.381. The molecule has 100 valence electrons. The molecule has 0 saturated carbocycles. The van der Waals surface area contributed by atoms with Gasteiger partial charge in [-0.15, -0.1) is 0 Å². The van der Waals surface area contributed by atoms with Crippen LogP contribution in [0.5, 0.6) is 0 Å². The van der Waals surface area contributed by atoms with Gasteiger partial charge < -0.3 is 5.73 Å². The van der Waals surface area contributed by atoms with E-state index in [9.17, 15) is 26.3 Å². The Labute approximate surface area is 103 Å². The fourth-order valence-electron chi connectivity index (χ4n) is 1.63. The first-order chi connectivity index (χ1) is 8.86. The number of benzene rings is 2. The Morgan fingerprint density at radius 3 is 1.58 bits per heavy atom. The molecule has 0 bridgehead atoms. The zero-order chi connectivity index (χ0) is 14.3. The van der Waals surface area contributed by atoms with E-state index < -0.39 is 51.7 Å². The van der Waals surface area contributed by atoms with Gasteiger partial charge >= 0.3 is 0 Å². The molecule has 0 aliphatic carbocycles. The fourth-order valence-corrected chi connectivity index (χ4v) is 1.63. The molecule has 0 atom stereocenters. The number of nitrogens with two attached hydrogens (primary N) is 1. The fraction of sp³-hybridized carbons (Fsp3) is 0. The van der Waals surface area contributed by atoms with E-state index in [0.717, 1.165) is 18.2 Å². The van der Waals surface area contributed by atoms with Gasteiger partial charge in [-0.3, -0.25) is 0 Å². The van der Waals surface area contributed by atoms with Crippen molar-refractivity contribution in [1.82, 2.24) is 0 Å². The molecule has 0 amide bonds. The van der Waals surface area contributed by atoms with Crippen molar-refractivity contribution < 1.29 is 26.3 Å². The Balaban J connectivity index is 2.92. The van der Waals surface area contributed by atoms with Crippen LogP contribution >= 0.6 is 0 Å². The van der Waals surface area contributed by atoms with E-state index in [-0.39, 0.29) is 0 Å². The van der Waals surface area contributed by atoms with Crippen LogP contribution in [-0.2, 0) is 0 Å². The SMILES string of the molecule is Nc1cccc(F)c1-c1c(F)c(F)c(F)c(F)c1F. The number of hydrogen-bond acceptors (Lipinski definition) is 1. The zero-order valence-corrected chi connectivity index (χ0v) is 9.08. The third-order valence-electron chi connectivity index (χ3n) is 2.51. The van der Waals surface area contributed by atoms with Gasteiger partial charge in [0.15, 0.2) is 23.3 Å². The molecule has 19 heavy (non-hydrogen) atoms. The molecule has 0 aromatic heterocycles. The first kappa shape index (κ1) is 13.3. The number of hydrogen-bond donors (Lipinski definition) is 1. The van der Waals surface area contributed by atoms with E-state index in [0.29, 0.717) is 0 Å². The van der Waals surface area contributed by atoms with Crippen LogP contribution < -0.4 is 5.73 Å². The Kier molecular flexibility index (Phi) is 3.13. The lowest BCUT2D eigenvalue weighted by Gasteiger charge is -2.11. The maximum Gasteiger partial charge on any atom is 0.200 e. The molecular formula is C12H5F6N. The summed E-state index contributed by atoms with van der Waals surface area (Å²) in [5.41, 5.74) is 2.63. The smallest absolute Gasteiger partial charge is 0.200 e. The molecule has 0 unspecified atom stereocenters. The van der Waals surface area contributed by atoms with Gasteiger partial charge in [0.25, 0.3) is 0 Å². The lowest BCUT2D eigenvalue weighted by Crippen LogP contribution is -2.06. The van der Waals surface area contributed by atoms with Crippen LogP contribution in [0.1, 0.15) is 0 Å². The van der Waals surface area contributed by atoms with E-state index in [1.54, 1.807) is 0 Å². The van der Waals surface area contributed by atoms with Crippen LogP contribution in [0.15, 0.2) is 18.2 Å². The summed E-state index contributed by atoms with van der Waals surface area (Å²) in [5.74, 6) is -12.1. The van der Waals surface area contributed by atoms with Crippen LogP contribution in [0, 0.1) is 34.9 Å². The van der Waals surface area contributed by atoms with E-state index in [1.165, 1.54) is 0 Å². The van der Waals surface area contributed by atoms with Crippen molar-refractivity contribution >= 4 is 5.69 Å². The predicted molar refractivity (Wildman–Crippen MR) is 56.0 cm³/mol. The van der Waals surface area contributed by atoms with Crippen LogP contribution in [0.3, 0.4) is 0 Å². The Bertz CT molecular complexity index is 618. The summed E-state index contributed by atoms with van der Waals surface area (Å²) in [4.78, 5) is 0. The summed E-state index contributed by atoms with van der Waals surface area (Å²) in [6, 6.07) is 3.01. The first-order valence-electron chi connectivity index (χ1n) is 4.92. The topological polar surface area (TPSA) is 26.0 Å². The van der Waals surface area contributed by atoms with Crippen molar-refractivity contribution in [3.05, 3.63) is 53.1 Å². The molecule has 0 spiro atoms. The van der Waals surface area contributed by atoms with Crippen LogP contribution in [0.25, 0.3) is 11.1 Å². The van der Waals surface area contributed by atoms with Gasteiger partial charge in [-0.05, 0) is 12.1 Å². The maximum atomic E-state index is 13.5. The minimum absolute atomic E-state index is 0.441. The van der Waals surface area contributed by atoms with E-state index in [1.807, 2.05) is 0 Å². The highest BCUT2D eigenvalue weighted by Crippen LogP contribution is 2.36. The van der Waals surface area contributed by atoms with Gasteiger partial charge in [-0.2, -0.15) is 0 Å². The quantitative estimate of drug-likeness (QED) is 0.365. The summed E-state index contributed by atoms with van der Waals surface area (Å²) in [6.07, 6.45) is 0. The van der Waals surface area contributed by atoms with Gasteiger partial charge in [0, 0.05) is 11.3 Å². The summed E-state index contributed by atoms with van der Waals surface area (Å²) >= 11 is 0. The Morgan fingerprint density at radius 2 is 1.11 bits per heavy atom. The van der Waals surface area contributed by atoms with Gasteiger partial charge in [0.05, 0.1) is 5.56 Å². The van der Waals surface area contributed by atoms with E-state index >= 15 is 0 Å². The van der Waals surface area contributed by atoms with Crippen molar-refractivity contribution in [3.8, 4) is 11.1 Å². The van der Waals surface area contributed by atoms with Crippen molar-refractivity contribution in [2.75, 3.05) is 5.73 Å². The van der Waals surface area contributed by atoms with Gasteiger partial charge in [0.2, 0.25) is 5.82 Å². The second kappa shape index (κ2) is 4.49. The van der Waals surface area contributed by atoms with Crippen LogP contribution in [0.4, 0.5) is 32.0 Å². The lowest BCUT2D eigenvalue weighted by atomic mass is 10.0. The second-order valence-electron chi connectivity index (χ2n) is 3.65. The highest BCUT2D eigenvalue weighted by Gasteiger charge is 2.28. The molecule has 2 aromatic carbocycles. The van der Waals surface area contributed by atoms with Crippen molar-refractivity contribution in [3.63, 3.8) is 0 Å². The summed E-state index contributed by atoms with van der Waals surface area (Å²) < 4.78 is 79.4. The van der Waals surface area contributed by atoms with Crippen molar-refractivity contribution in [2.24, 2.45) is 0 Å². The second-order valence-corrected chi connectivity index (χ2v) is 3.65. The summed E-state index contributed by atoms with van der Waals surface area (Å²) in [5, 5.41) is 0. The Hall–Kier alpha value is -2.18. The highest BCUT2D eigenvalue weighted by molar-refractivity contribution is 5.77. The molecule has 2 aromatic rings. The monoisotopic (exact) mass is 277 g/mol. The first-order valence-corrected chi connectivity index (χ1v) is 4.92. The number of nitrogen functional groups attached to an aromatic ring is 1. The van der Waals surface area contributed by atoms with Gasteiger partial charge in [0.1, 0.15) is 5.82 Å². The maximum absolute atomic E-state index is 13.5. The number of rotatable bonds is 1. The molecule has 2 N–H and O–H groups in total. The van der Waals surface area contributed by atoms with Gasteiger partial charge in [-0.1, -0.05) is 6.07 Å². The molecule has 1 nitrogen and oxygen atoms in total. The molecule has 0 fully saturated rings. The molecule has 2 rings (SSSR count). The molecule has 0 saturated heterocycles. The molecular weight excluding hydrogens is 272 g/mol. The normalized spacial score (nSPS) is 10.8. The van der Waals surface area contributed by atoms with Crippen molar-refractivity contribution in [2.45, 2.75) is 0 Å². The molecule has 0 aliphatic heterocycles. The third-order valence-corrected chi connectivity index (χ3v) is 2.51. The van der Waals surface area contributed by atoms with Crippen molar-refractivity contribution in [1.29, 1.82) is 0 Å². The molecule has 0 radical (unpaired) electrons. The van der Waals surface area contributed by atoms with E-state index in [2.05, 4.69) is 0 Å². The molecule has 7 heteroatoms.